The molecule has 0 heterocycles. The highest BCUT2D eigenvalue weighted by Gasteiger charge is 2.19. The van der Waals surface area contributed by atoms with Gasteiger partial charge in [0.05, 0.1) is 30.5 Å². The van der Waals surface area contributed by atoms with Crippen molar-refractivity contribution in [2.45, 2.75) is 45.1 Å². The monoisotopic (exact) mass is 276 g/mol. The Balaban J connectivity index is 1.69. The van der Waals surface area contributed by atoms with E-state index < -0.39 is 0 Å². The zero-order valence-electron chi connectivity index (χ0n) is 12.1. The van der Waals surface area contributed by atoms with Crippen LogP contribution in [0.15, 0.2) is 24.3 Å². The molecule has 0 spiro atoms. The highest BCUT2D eigenvalue weighted by atomic mass is 16.5. The Morgan fingerprint density at radius 3 is 2.95 bits per heavy atom. The van der Waals surface area contributed by atoms with Crippen molar-refractivity contribution in [3.8, 4) is 0 Å². The molecule has 0 aromatic heterocycles. The minimum atomic E-state index is -0.0493. The summed E-state index contributed by atoms with van der Waals surface area (Å²) in [6.07, 6.45) is 5.48. The molecule has 2 atom stereocenters. The van der Waals surface area contributed by atoms with Crippen LogP contribution in [-0.2, 0) is 9.53 Å². The van der Waals surface area contributed by atoms with Gasteiger partial charge in [0.15, 0.2) is 0 Å². The van der Waals surface area contributed by atoms with E-state index in [2.05, 4.69) is 12.2 Å². The van der Waals surface area contributed by atoms with Crippen molar-refractivity contribution >= 4 is 17.3 Å². The molecule has 110 valence electrons. The van der Waals surface area contributed by atoms with Gasteiger partial charge in [0, 0.05) is 0 Å². The van der Waals surface area contributed by atoms with Crippen molar-refractivity contribution in [3.05, 3.63) is 24.3 Å². The molecule has 0 bridgehead atoms. The lowest BCUT2D eigenvalue weighted by molar-refractivity contribution is -0.117. The first-order valence-corrected chi connectivity index (χ1v) is 7.41. The van der Waals surface area contributed by atoms with Gasteiger partial charge in [-0.05, 0) is 30.9 Å². The van der Waals surface area contributed by atoms with Gasteiger partial charge in [0.25, 0.3) is 0 Å². The molecule has 2 rings (SSSR count). The third-order valence-corrected chi connectivity index (χ3v) is 3.81. The molecule has 4 nitrogen and oxygen atoms in total. The van der Waals surface area contributed by atoms with Gasteiger partial charge in [0.1, 0.15) is 0 Å². The first kappa shape index (κ1) is 14.9. The fraction of sp³-hybridized carbons (Fsp3) is 0.562. The number of nitrogens with two attached hydrogens (primary N) is 1. The number of hydrogen-bond donors (Lipinski definition) is 2. The van der Waals surface area contributed by atoms with Gasteiger partial charge < -0.3 is 15.8 Å². The summed E-state index contributed by atoms with van der Waals surface area (Å²) >= 11 is 0. The lowest BCUT2D eigenvalue weighted by atomic mass is 9.89. The van der Waals surface area contributed by atoms with E-state index in [0.29, 0.717) is 30.5 Å². The Morgan fingerprint density at radius 1 is 1.40 bits per heavy atom. The number of benzene rings is 1. The molecule has 0 saturated heterocycles. The number of nitrogens with one attached hydrogen (secondary N) is 1. The Morgan fingerprint density at radius 2 is 2.20 bits per heavy atom. The molecule has 1 aromatic carbocycles. The first-order chi connectivity index (χ1) is 9.65. The van der Waals surface area contributed by atoms with Crippen molar-refractivity contribution in [3.63, 3.8) is 0 Å². The third kappa shape index (κ3) is 4.53. The van der Waals surface area contributed by atoms with Crippen LogP contribution < -0.4 is 11.1 Å². The number of para-hydroxylation sites is 2. The minimum Gasteiger partial charge on any atom is -0.397 e. The van der Waals surface area contributed by atoms with E-state index in [1.165, 1.54) is 12.8 Å². The van der Waals surface area contributed by atoms with Crippen molar-refractivity contribution < 1.29 is 9.53 Å². The number of anilines is 2. The van der Waals surface area contributed by atoms with Crippen LogP contribution in [0.1, 0.15) is 39.0 Å². The smallest absolute Gasteiger partial charge is 0.226 e. The number of carbonyl (C=O) groups is 1. The van der Waals surface area contributed by atoms with Gasteiger partial charge in [-0.25, -0.2) is 0 Å². The van der Waals surface area contributed by atoms with E-state index in [0.717, 1.165) is 18.8 Å². The van der Waals surface area contributed by atoms with E-state index in [1.807, 2.05) is 12.1 Å². The molecule has 4 heteroatoms. The molecular weight excluding hydrogens is 252 g/mol. The summed E-state index contributed by atoms with van der Waals surface area (Å²) < 4.78 is 5.80. The zero-order valence-corrected chi connectivity index (χ0v) is 12.1. The number of amides is 1. The fourth-order valence-corrected chi connectivity index (χ4v) is 2.67. The van der Waals surface area contributed by atoms with Crippen LogP contribution in [0.2, 0.25) is 0 Å². The molecular formula is C16H24N2O2. The molecule has 20 heavy (non-hydrogen) atoms. The lowest BCUT2D eigenvalue weighted by Crippen LogP contribution is -2.23. The normalized spacial score (nSPS) is 22.4. The molecule has 2 unspecified atom stereocenters. The number of rotatable bonds is 5. The maximum Gasteiger partial charge on any atom is 0.226 e. The number of hydrogen-bond acceptors (Lipinski definition) is 3. The maximum absolute atomic E-state index is 11.8. The Kier molecular flexibility index (Phi) is 5.41. The Hall–Kier alpha value is -1.55. The predicted molar refractivity (Wildman–Crippen MR) is 81.5 cm³/mol. The van der Waals surface area contributed by atoms with Gasteiger partial charge in [0.2, 0.25) is 5.91 Å². The van der Waals surface area contributed by atoms with E-state index in [4.69, 9.17) is 10.5 Å². The number of carbonyl (C=O) groups excluding carboxylic acids is 1. The minimum absolute atomic E-state index is 0.0493. The van der Waals surface area contributed by atoms with Crippen LogP contribution in [0.5, 0.6) is 0 Å². The highest BCUT2D eigenvalue weighted by Crippen LogP contribution is 2.25. The van der Waals surface area contributed by atoms with Gasteiger partial charge in [-0.1, -0.05) is 31.9 Å². The van der Waals surface area contributed by atoms with Crippen molar-refractivity contribution in [1.82, 2.24) is 0 Å². The number of nitrogen functional groups attached to an aromatic ring is 1. The number of ether oxygens (including phenoxy) is 1. The summed E-state index contributed by atoms with van der Waals surface area (Å²) in [7, 11) is 0. The molecule has 1 fully saturated rings. The van der Waals surface area contributed by atoms with Gasteiger partial charge in [-0.3, -0.25) is 4.79 Å². The molecule has 1 amide bonds. The van der Waals surface area contributed by atoms with Crippen LogP contribution in [0.4, 0.5) is 11.4 Å². The van der Waals surface area contributed by atoms with Crippen molar-refractivity contribution in [1.29, 1.82) is 0 Å². The van der Waals surface area contributed by atoms with Crippen LogP contribution in [0.3, 0.4) is 0 Å². The average molecular weight is 276 g/mol. The summed E-state index contributed by atoms with van der Waals surface area (Å²) in [6.45, 7) is 2.75. The summed E-state index contributed by atoms with van der Waals surface area (Å²) in [5.41, 5.74) is 7.04. The van der Waals surface area contributed by atoms with Crippen molar-refractivity contribution in [2.75, 3.05) is 17.7 Å². The quantitative estimate of drug-likeness (QED) is 0.812. The second-order valence-electron chi connectivity index (χ2n) is 5.65. The fourth-order valence-electron chi connectivity index (χ4n) is 2.67. The zero-order chi connectivity index (χ0) is 14.4. The summed E-state index contributed by atoms with van der Waals surface area (Å²) in [5.74, 6) is 0.693. The second-order valence-corrected chi connectivity index (χ2v) is 5.65. The average Bonchev–Trinajstić information content (AvgIpc) is 2.41. The summed E-state index contributed by atoms with van der Waals surface area (Å²) in [4.78, 5) is 11.8. The van der Waals surface area contributed by atoms with E-state index in [-0.39, 0.29) is 5.91 Å². The van der Waals surface area contributed by atoms with Gasteiger partial charge in [-0.2, -0.15) is 0 Å². The summed E-state index contributed by atoms with van der Waals surface area (Å²) in [5, 5.41) is 2.81. The standard InChI is InChI=1S/C16H24N2O2/c1-12-5-4-6-13(11-12)20-10-9-16(19)18-15-8-3-2-7-14(15)17/h2-3,7-8,12-13H,4-6,9-11,17H2,1H3,(H,18,19). The van der Waals surface area contributed by atoms with Crippen LogP contribution >= 0.6 is 0 Å². The van der Waals surface area contributed by atoms with E-state index in [9.17, 15) is 4.79 Å². The molecule has 0 radical (unpaired) electrons. The summed E-state index contributed by atoms with van der Waals surface area (Å²) in [6, 6.07) is 7.27. The van der Waals surface area contributed by atoms with Gasteiger partial charge >= 0.3 is 0 Å². The second kappa shape index (κ2) is 7.29. The molecule has 1 aromatic rings. The first-order valence-electron chi connectivity index (χ1n) is 7.41. The predicted octanol–water partition coefficient (Wildman–Crippen LogP) is 3.19. The maximum atomic E-state index is 11.8. The molecule has 1 aliphatic rings. The SMILES string of the molecule is CC1CCCC(OCCC(=O)Nc2ccccc2N)C1. The van der Waals surface area contributed by atoms with Crippen LogP contribution in [0, 0.1) is 5.92 Å². The molecule has 1 saturated carbocycles. The topological polar surface area (TPSA) is 64.3 Å². The van der Waals surface area contributed by atoms with Crippen LogP contribution in [-0.4, -0.2) is 18.6 Å². The third-order valence-electron chi connectivity index (χ3n) is 3.81. The van der Waals surface area contributed by atoms with Crippen LogP contribution in [0.25, 0.3) is 0 Å². The van der Waals surface area contributed by atoms with E-state index >= 15 is 0 Å². The molecule has 1 aliphatic carbocycles. The van der Waals surface area contributed by atoms with E-state index in [1.54, 1.807) is 12.1 Å². The Labute approximate surface area is 120 Å². The highest BCUT2D eigenvalue weighted by molar-refractivity contribution is 5.93. The van der Waals surface area contributed by atoms with Crippen molar-refractivity contribution in [2.24, 2.45) is 5.92 Å². The Bertz CT molecular complexity index is 448. The lowest BCUT2D eigenvalue weighted by Gasteiger charge is -2.26. The molecule has 3 N–H and O–H groups in total. The molecule has 0 aliphatic heterocycles. The van der Waals surface area contributed by atoms with Gasteiger partial charge in [-0.15, -0.1) is 0 Å². The largest absolute Gasteiger partial charge is 0.397 e.